The van der Waals surface area contributed by atoms with E-state index in [1.54, 1.807) is 6.92 Å². The zero-order valence-corrected chi connectivity index (χ0v) is 15.1. The first kappa shape index (κ1) is 22.1. The highest BCUT2D eigenvalue weighted by molar-refractivity contribution is 5.78. The van der Waals surface area contributed by atoms with Gasteiger partial charge in [0.2, 0.25) is 0 Å². The summed E-state index contributed by atoms with van der Waals surface area (Å²) in [5.74, 6) is -0.465. The number of carbonyl (C=O) groups excluding carboxylic acids is 1. The number of hydrogen-bond acceptors (Lipinski definition) is 3. The number of aliphatic carboxylic acids is 1. The van der Waals surface area contributed by atoms with Gasteiger partial charge in [0, 0.05) is 12.3 Å². The maximum Gasteiger partial charge on any atom is 0.303 e. The second-order valence-corrected chi connectivity index (χ2v) is 6.73. The van der Waals surface area contributed by atoms with Gasteiger partial charge in [-0.15, -0.1) is 0 Å². The van der Waals surface area contributed by atoms with Crippen molar-refractivity contribution in [2.24, 2.45) is 5.92 Å². The van der Waals surface area contributed by atoms with Crippen molar-refractivity contribution in [3.63, 3.8) is 0 Å². The summed E-state index contributed by atoms with van der Waals surface area (Å²) >= 11 is 0. The van der Waals surface area contributed by atoms with Gasteiger partial charge >= 0.3 is 5.97 Å². The molecule has 0 heterocycles. The van der Waals surface area contributed by atoms with Gasteiger partial charge in [-0.1, -0.05) is 51.9 Å². The van der Waals surface area contributed by atoms with Crippen LogP contribution >= 0.6 is 0 Å². The van der Waals surface area contributed by atoms with Crippen LogP contribution in [0.5, 0.6) is 0 Å². The van der Waals surface area contributed by atoms with Crippen molar-refractivity contribution in [2.45, 2.75) is 103 Å². The molecular formula is C19H36O4. The molecule has 0 saturated heterocycles. The molecule has 4 nitrogen and oxygen atoms in total. The lowest BCUT2D eigenvalue weighted by Crippen LogP contribution is -2.15. The number of carboxylic acids is 1. The van der Waals surface area contributed by atoms with E-state index in [1.165, 1.54) is 19.3 Å². The molecule has 2 N–H and O–H groups in total. The highest BCUT2D eigenvalue weighted by Crippen LogP contribution is 2.20. The predicted octanol–water partition coefficient (Wildman–Crippen LogP) is 4.73. The van der Waals surface area contributed by atoms with Gasteiger partial charge in [-0.05, 0) is 39.0 Å². The smallest absolute Gasteiger partial charge is 0.303 e. The van der Waals surface area contributed by atoms with Crippen LogP contribution in [0.1, 0.15) is 97.3 Å². The molecule has 4 heteroatoms. The van der Waals surface area contributed by atoms with E-state index >= 15 is 0 Å². The van der Waals surface area contributed by atoms with Gasteiger partial charge in [0.05, 0.1) is 6.10 Å². The quantitative estimate of drug-likeness (QED) is 0.402. The van der Waals surface area contributed by atoms with Gasteiger partial charge in [-0.25, -0.2) is 0 Å². The summed E-state index contributed by atoms with van der Waals surface area (Å²) in [7, 11) is 0. The lowest BCUT2D eigenvalue weighted by atomic mass is 9.90. The first-order chi connectivity index (χ1) is 11.0. The molecule has 0 aromatic carbocycles. The number of carbonyl (C=O) groups is 2. The van der Waals surface area contributed by atoms with Gasteiger partial charge in [-0.2, -0.15) is 0 Å². The lowest BCUT2D eigenvalue weighted by molar-refractivity contribution is -0.137. The molecular weight excluding hydrogens is 292 g/mol. The topological polar surface area (TPSA) is 74.6 Å². The van der Waals surface area contributed by atoms with Crippen LogP contribution in [0, 0.1) is 5.92 Å². The van der Waals surface area contributed by atoms with Crippen LogP contribution in [0.15, 0.2) is 0 Å². The fraction of sp³-hybridized carbons (Fsp3) is 0.895. The van der Waals surface area contributed by atoms with Crippen molar-refractivity contribution in [3.05, 3.63) is 0 Å². The van der Waals surface area contributed by atoms with E-state index in [0.29, 0.717) is 0 Å². The molecule has 0 aliphatic carbocycles. The number of hydrogen-bond donors (Lipinski definition) is 2. The fourth-order valence-electron chi connectivity index (χ4n) is 2.92. The molecule has 0 unspecified atom stereocenters. The van der Waals surface area contributed by atoms with Gasteiger partial charge in [0.1, 0.15) is 5.78 Å². The Hall–Kier alpha value is -0.900. The van der Waals surface area contributed by atoms with Gasteiger partial charge in [0.25, 0.3) is 0 Å². The number of ketones is 1. The van der Waals surface area contributed by atoms with Crippen LogP contribution < -0.4 is 0 Å². The van der Waals surface area contributed by atoms with Crippen LogP contribution in [0.25, 0.3) is 0 Å². The third-order valence-corrected chi connectivity index (χ3v) is 4.51. The van der Waals surface area contributed by atoms with Crippen LogP contribution in [0.3, 0.4) is 0 Å². The monoisotopic (exact) mass is 328 g/mol. The molecule has 0 aromatic heterocycles. The second-order valence-electron chi connectivity index (χ2n) is 6.73. The van der Waals surface area contributed by atoms with Gasteiger partial charge in [0.15, 0.2) is 0 Å². The van der Waals surface area contributed by atoms with Crippen LogP contribution in [-0.4, -0.2) is 28.1 Å². The van der Waals surface area contributed by atoms with Crippen LogP contribution in [0.2, 0.25) is 0 Å². The molecule has 0 spiro atoms. The Morgan fingerprint density at radius 3 is 2.04 bits per heavy atom. The van der Waals surface area contributed by atoms with Crippen molar-refractivity contribution < 1.29 is 19.8 Å². The van der Waals surface area contributed by atoms with Crippen molar-refractivity contribution in [2.75, 3.05) is 0 Å². The minimum Gasteiger partial charge on any atom is -0.481 e. The van der Waals surface area contributed by atoms with Gasteiger partial charge < -0.3 is 10.2 Å². The molecule has 0 saturated carbocycles. The van der Waals surface area contributed by atoms with Crippen LogP contribution in [0.4, 0.5) is 0 Å². The number of rotatable bonds is 16. The molecule has 0 amide bonds. The number of Topliss-reactive ketones (excluding diaryl/α,β-unsaturated/α-hetero) is 1. The standard InChI is InChI=1S/C19H36O4/c1-3-4-5-9-12-18(21)15-14-17(16(2)20)11-8-6-7-10-13-19(22)23/h17-18,21H,3-15H2,1-2H3,(H,22,23)/t17-,18-/m0/s1. The highest BCUT2D eigenvalue weighted by Gasteiger charge is 2.16. The second kappa shape index (κ2) is 14.7. The fourth-order valence-corrected chi connectivity index (χ4v) is 2.92. The SMILES string of the molecule is CCCCCC[C@H](O)CC[C@H](CCCCCCC(=O)O)C(C)=O. The first-order valence-corrected chi connectivity index (χ1v) is 9.37. The summed E-state index contributed by atoms with van der Waals surface area (Å²) in [6.45, 7) is 3.82. The zero-order chi connectivity index (χ0) is 17.5. The summed E-state index contributed by atoms with van der Waals surface area (Å²) in [6.07, 6.45) is 11.4. The summed E-state index contributed by atoms with van der Waals surface area (Å²) < 4.78 is 0. The Labute approximate surface area is 141 Å². The largest absolute Gasteiger partial charge is 0.481 e. The van der Waals surface area contributed by atoms with Crippen molar-refractivity contribution >= 4 is 11.8 Å². The maximum absolute atomic E-state index is 11.7. The van der Waals surface area contributed by atoms with E-state index in [1.807, 2.05) is 0 Å². The molecule has 2 atom stereocenters. The van der Waals surface area contributed by atoms with Crippen molar-refractivity contribution in [1.82, 2.24) is 0 Å². The maximum atomic E-state index is 11.7. The van der Waals surface area contributed by atoms with Crippen molar-refractivity contribution in [1.29, 1.82) is 0 Å². The Bertz CT molecular complexity index is 314. The Morgan fingerprint density at radius 1 is 0.826 bits per heavy atom. The molecule has 0 fully saturated rings. The summed E-state index contributed by atoms with van der Waals surface area (Å²) in [5, 5.41) is 18.6. The minimum absolute atomic E-state index is 0.0553. The van der Waals surface area contributed by atoms with E-state index in [9.17, 15) is 14.7 Å². The van der Waals surface area contributed by atoms with Crippen molar-refractivity contribution in [3.8, 4) is 0 Å². The number of aliphatic hydroxyl groups is 1. The average molecular weight is 328 g/mol. The van der Waals surface area contributed by atoms with Gasteiger partial charge in [-0.3, -0.25) is 9.59 Å². The Morgan fingerprint density at radius 2 is 1.43 bits per heavy atom. The number of unbranched alkanes of at least 4 members (excludes halogenated alkanes) is 6. The third-order valence-electron chi connectivity index (χ3n) is 4.51. The average Bonchev–Trinajstić information content (AvgIpc) is 2.49. The molecule has 0 rings (SSSR count). The summed E-state index contributed by atoms with van der Waals surface area (Å²) in [4.78, 5) is 22.1. The van der Waals surface area contributed by atoms with Crippen LogP contribution in [-0.2, 0) is 9.59 Å². The molecule has 0 bridgehead atoms. The Balaban J connectivity index is 3.76. The van der Waals surface area contributed by atoms with E-state index in [2.05, 4.69) is 6.92 Å². The molecule has 0 aliphatic rings. The Kier molecular flexibility index (Phi) is 14.1. The molecule has 0 aliphatic heterocycles. The minimum atomic E-state index is -0.737. The normalized spacial score (nSPS) is 13.7. The summed E-state index contributed by atoms with van der Waals surface area (Å²) in [5.41, 5.74) is 0. The first-order valence-electron chi connectivity index (χ1n) is 9.37. The highest BCUT2D eigenvalue weighted by atomic mass is 16.4. The summed E-state index contributed by atoms with van der Waals surface area (Å²) in [6, 6.07) is 0. The molecule has 136 valence electrons. The molecule has 23 heavy (non-hydrogen) atoms. The zero-order valence-electron chi connectivity index (χ0n) is 15.1. The van der Waals surface area contributed by atoms with E-state index < -0.39 is 5.97 Å². The predicted molar refractivity (Wildman–Crippen MR) is 93.5 cm³/mol. The number of carboxylic acid groups (broad SMARTS) is 1. The van der Waals surface area contributed by atoms with E-state index in [4.69, 9.17) is 5.11 Å². The molecule has 0 radical (unpaired) electrons. The molecule has 0 aromatic rings. The third kappa shape index (κ3) is 14.4. The lowest BCUT2D eigenvalue weighted by Gasteiger charge is -2.16. The van der Waals surface area contributed by atoms with E-state index in [-0.39, 0.29) is 24.2 Å². The van der Waals surface area contributed by atoms with E-state index in [0.717, 1.165) is 57.8 Å². The number of aliphatic hydroxyl groups excluding tert-OH is 1.